The second-order valence-corrected chi connectivity index (χ2v) is 3.79. The summed E-state index contributed by atoms with van der Waals surface area (Å²) in [6, 6.07) is 1.49. The third kappa shape index (κ3) is 1.65. The van der Waals surface area contributed by atoms with E-state index < -0.39 is 5.97 Å². The van der Waals surface area contributed by atoms with Gasteiger partial charge < -0.3 is 5.11 Å². The molecule has 2 N–H and O–H groups in total. The molecule has 0 aliphatic heterocycles. The number of H-pyrrole nitrogens is 1. The minimum atomic E-state index is -1.01. The number of aromatic amines is 1. The van der Waals surface area contributed by atoms with E-state index in [-0.39, 0.29) is 5.69 Å². The van der Waals surface area contributed by atoms with Gasteiger partial charge in [-0.25, -0.2) is 4.79 Å². The van der Waals surface area contributed by atoms with Gasteiger partial charge in [-0.15, -0.1) is 0 Å². The molecule has 7 heteroatoms. The first kappa shape index (κ1) is 9.91. The predicted molar refractivity (Wildman–Crippen MR) is 55.4 cm³/mol. The molecule has 0 aliphatic carbocycles. The molecule has 0 fully saturated rings. The van der Waals surface area contributed by atoms with Crippen LogP contribution < -0.4 is 0 Å². The molecular weight excluding hydrogens is 264 g/mol. The van der Waals surface area contributed by atoms with Crippen molar-refractivity contribution in [3.05, 3.63) is 22.4 Å². The predicted octanol–water partition coefficient (Wildman–Crippen LogP) is 1.27. The Morgan fingerprint density at radius 2 is 2.40 bits per heavy atom. The number of halogens is 1. The van der Waals surface area contributed by atoms with Crippen LogP contribution in [-0.2, 0) is 7.05 Å². The zero-order valence-corrected chi connectivity index (χ0v) is 9.32. The molecule has 0 atom stereocenters. The highest BCUT2D eigenvalue weighted by Crippen LogP contribution is 2.24. The second-order valence-electron chi connectivity index (χ2n) is 2.94. The molecule has 0 spiro atoms. The molecule has 2 rings (SSSR count). The van der Waals surface area contributed by atoms with Gasteiger partial charge in [0, 0.05) is 13.1 Å². The summed E-state index contributed by atoms with van der Waals surface area (Å²) in [7, 11) is 1.58. The molecule has 0 unspecified atom stereocenters. The number of nitrogens with one attached hydrogen (secondary N) is 1. The Balaban J connectivity index is 2.52. The number of carboxylic acids is 1. The molecule has 0 saturated carbocycles. The molecule has 0 radical (unpaired) electrons. The molecule has 0 amide bonds. The standard InChI is InChI=1S/C8H7BrN4O2/c1-13-6(8(14)15)2-5(12-13)7-4(9)3-10-11-7/h2-3H,1H3,(H,10,11)(H,14,15). The Bertz CT molecular complexity index is 516. The van der Waals surface area contributed by atoms with E-state index in [2.05, 4.69) is 31.2 Å². The van der Waals surface area contributed by atoms with Crippen molar-refractivity contribution in [2.24, 2.45) is 7.05 Å². The maximum absolute atomic E-state index is 10.8. The van der Waals surface area contributed by atoms with Crippen molar-refractivity contribution in [2.45, 2.75) is 0 Å². The normalized spacial score (nSPS) is 10.5. The minimum absolute atomic E-state index is 0.131. The molecule has 0 aliphatic rings. The van der Waals surface area contributed by atoms with Crippen LogP contribution in [0.2, 0.25) is 0 Å². The van der Waals surface area contributed by atoms with E-state index >= 15 is 0 Å². The minimum Gasteiger partial charge on any atom is -0.477 e. The number of hydrogen-bond donors (Lipinski definition) is 2. The maximum Gasteiger partial charge on any atom is 0.354 e. The summed E-state index contributed by atoms with van der Waals surface area (Å²) in [5, 5.41) is 19.5. The maximum atomic E-state index is 10.8. The van der Waals surface area contributed by atoms with Crippen LogP contribution in [0.1, 0.15) is 10.5 Å². The van der Waals surface area contributed by atoms with Gasteiger partial charge in [-0.2, -0.15) is 10.2 Å². The Labute approximate surface area is 93.0 Å². The number of carbonyl (C=O) groups is 1. The van der Waals surface area contributed by atoms with Gasteiger partial charge >= 0.3 is 5.97 Å². The van der Waals surface area contributed by atoms with Gasteiger partial charge in [0.25, 0.3) is 0 Å². The molecule has 0 aromatic carbocycles. The molecule has 2 aromatic heterocycles. The first-order valence-corrected chi connectivity index (χ1v) is 4.85. The summed E-state index contributed by atoms with van der Waals surface area (Å²) >= 11 is 3.28. The fourth-order valence-electron chi connectivity index (χ4n) is 1.24. The molecule has 78 valence electrons. The first-order chi connectivity index (χ1) is 7.09. The summed E-state index contributed by atoms with van der Waals surface area (Å²) in [6.07, 6.45) is 1.59. The van der Waals surface area contributed by atoms with E-state index in [0.717, 1.165) is 4.47 Å². The zero-order chi connectivity index (χ0) is 11.0. The molecule has 6 nitrogen and oxygen atoms in total. The Morgan fingerprint density at radius 3 is 2.87 bits per heavy atom. The highest BCUT2D eigenvalue weighted by atomic mass is 79.9. The van der Waals surface area contributed by atoms with Gasteiger partial charge in [0.15, 0.2) is 0 Å². The van der Waals surface area contributed by atoms with Crippen molar-refractivity contribution in [1.82, 2.24) is 20.0 Å². The summed E-state index contributed by atoms with van der Waals surface area (Å²) in [4.78, 5) is 10.8. The smallest absolute Gasteiger partial charge is 0.354 e. The number of aromatic nitrogens is 4. The highest BCUT2D eigenvalue weighted by molar-refractivity contribution is 9.10. The molecule has 0 bridgehead atoms. The van der Waals surface area contributed by atoms with Crippen LogP contribution in [0, 0.1) is 0 Å². The van der Waals surface area contributed by atoms with E-state index in [1.54, 1.807) is 13.2 Å². The van der Waals surface area contributed by atoms with Gasteiger partial charge in [-0.1, -0.05) is 0 Å². The number of rotatable bonds is 2. The topological polar surface area (TPSA) is 83.8 Å². The molecule has 0 saturated heterocycles. The Hall–Kier alpha value is -1.63. The van der Waals surface area contributed by atoms with Crippen molar-refractivity contribution < 1.29 is 9.90 Å². The molecule has 2 aromatic rings. The van der Waals surface area contributed by atoms with Crippen LogP contribution in [0.3, 0.4) is 0 Å². The van der Waals surface area contributed by atoms with E-state index in [9.17, 15) is 4.79 Å². The molecule has 2 heterocycles. The van der Waals surface area contributed by atoms with Gasteiger partial charge in [-0.05, 0) is 15.9 Å². The first-order valence-electron chi connectivity index (χ1n) is 4.06. The lowest BCUT2D eigenvalue weighted by atomic mass is 10.3. The Kier molecular flexibility index (Phi) is 2.31. The van der Waals surface area contributed by atoms with E-state index in [0.29, 0.717) is 11.4 Å². The van der Waals surface area contributed by atoms with Crippen LogP contribution in [0.4, 0.5) is 0 Å². The molecular formula is C8H7BrN4O2. The summed E-state index contributed by atoms with van der Waals surface area (Å²) < 4.78 is 2.06. The number of aryl methyl sites for hydroxylation is 1. The van der Waals surface area contributed by atoms with Crippen LogP contribution in [0.5, 0.6) is 0 Å². The summed E-state index contributed by atoms with van der Waals surface area (Å²) in [6.45, 7) is 0. The monoisotopic (exact) mass is 270 g/mol. The second kappa shape index (κ2) is 3.50. The van der Waals surface area contributed by atoms with Crippen molar-refractivity contribution in [2.75, 3.05) is 0 Å². The average Bonchev–Trinajstić information content (AvgIpc) is 2.71. The van der Waals surface area contributed by atoms with Gasteiger partial charge in [0.05, 0.1) is 16.4 Å². The molecule has 15 heavy (non-hydrogen) atoms. The lowest BCUT2D eigenvalue weighted by Gasteiger charge is -1.91. The van der Waals surface area contributed by atoms with Crippen LogP contribution in [0.15, 0.2) is 16.7 Å². The van der Waals surface area contributed by atoms with Crippen molar-refractivity contribution >= 4 is 21.9 Å². The third-order valence-corrected chi connectivity index (χ3v) is 2.55. The van der Waals surface area contributed by atoms with Crippen molar-refractivity contribution in [1.29, 1.82) is 0 Å². The zero-order valence-electron chi connectivity index (χ0n) is 7.73. The van der Waals surface area contributed by atoms with Crippen molar-refractivity contribution in [3.63, 3.8) is 0 Å². The lowest BCUT2D eigenvalue weighted by Crippen LogP contribution is -2.04. The number of aromatic carboxylic acids is 1. The van der Waals surface area contributed by atoms with Gasteiger partial charge in [0.1, 0.15) is 11.4 Å². The number of carboxylic acid groups (broad SMARTS) is 1. The van der Waals surface area contributed by atoms with Crippen LogP contribution >= 0.6 is 15.9 Å². The van der Waals surface area contributed by atoms with Gasteiger partial charge in [-0.3, -0.25) is 9.78 Å². The van der Waals surface area contributed by atoms with Crippen LogP contribution in [-0.4, -0.2) is 31.1 Å². The van der Waals surface area contributed by atoms with Crippen LogP contribution in [0.25, 0.3) is 11.4 Å². The van der Waals surface area contributed by atoms with Gasteiger partial charge in [0.2, 0.25) is 0 Å². The SMILES string of the molecule is Cn1nc(-c2[nH]ncc2Br)cc1C(=O)O. The largest absolute Gasteiger partial charge is 0.477 e. The Morgan fingerprint density at radius 1 is 1.67 bits per heavy atom. The summed E-state index contributed by atoms with van der Waals surface area (Å²) in [5.74, 6) is -1.01. The lowest BCUT2D eigenvalue weighted by molar-refractivity contribution is 0.0685. The average molecular weight is 271 g/mol. The van der Waals surface area contributed by atoms with E-state index in [1.165, 1.54) is 10.7 Å². The number of hydrogen-bond acceptors (Lipinski definition) is 3. The third-order valence-electron chi connectivity index (χ3n) is 1.95. The quantitative estimate of drug-likeness (QED) is 0.861. The fourth-order valence-corrected chi connectivity index (χ4v) is 1.63. The van der Waals surface area contributed by atoms with E-state index in [1.807, 2.05) is 0 Å². The number of nitrogens with zero attached hydrogens (tertiary/aromatic N) is 3. The highest BCUT2D eigenvalue weighted by Gasteiger charge is 2.15. The summed E-state index contributed by atoms with van der Waals surface area (Å²) in [5.41, 5.74) is 1.34. The van der Waals surface area contributed by atoms with Crippen molar-refractivity contribution in [3.8, 4) is 11.4 Å². The fraction of sp³-hybridized carbons (Fsp3) is 0.125. The van der Waals surface area contributed by atoms with E-state index in [4.69, 9.17) is 5.11 Å².